The maximum absolute atomic E-state index is 11.1. The van der Waals surface area contributed by atoms with Gasteiger partial charge >= 0.3 is 5.97 Å². The number of hydrogen-bond acceptors (Lipinski definition) is 3. The zero-order chi connectivity index (χ0) is 16.0. The summed E-state index contributed by atoms with van der Waals surface area (Å²) in [5.41, 5.74) is 0.870. The Bertz CT molecular complexity index is 360. The van der Waals surface area contributed by atoms with E-state index in [2.05, 4.69) is 22.7 Å². The van der Waals surface area contributed by atoms with Gasteiger partial charge in [-0.3, -0.25) is 4.99 Å². The van der Waals surface area contributed by atoms with Crippen LogP contribution >= 0.6 is 0 Å². The van der Waals surface area contributed by atoms with Gasteiger partial charge in [-0.05, 0) is 18.9 Å². The number of ether oxygens (including phenoxy) is 1. The van der Waals surface area contributed by atoms with Crippen LogP contribution in [0.1, 0.15) is 84.0 Å². The quantitative estimate of drug-likeness (QED) is 0.325. The molecule has 0 aromatic carbocycles. The summed E-state index contributed by atoms with van der Waals surface area (Å²) in [4.78, 5) is 15.2. The van der Waals surface area contributed by atoms with Crippen molar-refractivity contribution in [3.05, 3.63) is 12.2 Å². The summed E-state index contributed by atoms with van der Waals surface area (Å²) in [7, 11) is 1.41. The Hall–Kier alpha value is -1.12. The lowest BCUT2D eigenvalue weighted by molar-refractivity contribution is -0.139. The van der Waals surface area contributed by atoms with Crippen LogP contribution in [-0.2, 0) is 9.53 Å². The minimum atomic E-state index is -0.307. The summed E-state index contributed by atoms with van der Waals surface area (Å²) in [5, 5.41) is 0. The number of methoxy groups -OCH3 is 1. The van der Waals surface area contributed by atoms with Crippen LogP contribution in [-0.4, -0.2) is 24.8 Å². The van der Waals surface area contributed by atoms with Crippen molar-refractivity contribution in [2.24, 2.45) is 4.99 Å². The molecule has 0 amide bonds. The number of rotatable bonds is 14. The minimum Gasteiger partial charge on any atom is -0.467 e. The van der Waals surface area contributed by atoms with Crippen molar-refractivity contribution < 1.29 is 9.53 Å². The molecule has 0 saturated carbocycles. The zero-order valence-corrected chi connectivity index (χ0v) is 14.5. The third kappa shape index (κ3) is 9.01. The van der Waals surface area contributed by atoms with E-state index in [1.165, 1.54) is 77.7 Å². The molecule has 3 heteroatoms. The standard InChI is InChI=1S/C19H33NO2/c1-3-4-5-6-7-8-9-10-11-12-13-14-15-16-17-18(20-17)19(21)22-2/h15-16,18H,3-14H2,1-2H3/b16-15+/t18-/m1/s1. The number of hydrogen-bond donors (Lipinski definition) is 0. The molecule has 0 aliphatic carbocycles. The monoisotopic (exact) mass is 307 g/mol. The Morgan fingerprint density at radius 3 is 2.09 bits per heavy atom. The SMILES string of the molecule is CCCCCCCCCCCCC/C=C/C1=N[C@H]1C(=O)OC. The van der Waals surface area contributed by atoms with Crippen molar-refractivity contribution in [1.82, 2.24) is 0 Å². The van der Waals surface area contributed by atoms with Crippen LogP contribution in [0.25, 0.3) is 0 Å². The Morgan fingerprint density at radius 1 is 1.00 bits per heavy atom. The molecule has 0 radical (unpaired) electrons. The van der Waals surface area contributed by atoms with Crippen LogP contribution in [0.2, 0.25) is 0 Å². The maximum Gasteiger partial charge on any atom is 0.336 e. The molecule has 1 atom stereocenters. The summed E-state index contributed by atoms with van der Waals surface area (Å²) in [6.07, 6.45) is 20.3. The lowest BCUT2D eigenvalue weighted by Gasteiger charge is -2.01. The molecule has 126 valence electrons. The van der Waals surface area contributed by atoms with Crippen LogP contribution in [0.5, 0.6) is 0 Å². The van der Waals surface area contributed by atoms with E-state index in [1.807, 2.05) is 6.08 Å². The van der Waals surface area contributed by atoms with Crippen LogP contribution < -0.4 is 0 Å². The van der Waals surface area contributed by atoms with Gasteiger partial charge in [0.15, 0.2) is 6.04 Å². The first-order valence-corrected chi connectivity index (χ1v) is 9.11. The van der Waals surface area contributed by atoms with E-state index in [0.29, 0.717) is 0 Å². The maximum atomic E-state index is 11.1. The van der Waals surface area contributed by atoms with Crippen LogP contribution in [0.3, 0.4) is 0 Å². The third-order valence-corrected chi connectivity index (χ3v) is 4.18. The van der Waals surface area contributed by atoms with Crippen molar-refractivity contribution in [2.45, 2.75) is 90.0 Å². The van der Waals surface area contributed by atoms with Gasteiger partial charge in [0.1, 0.15) is 0 Å². The first-order chi connectivity index (χ1) is 10.8. The summed E-state index contributed by atoms with van der Waals surface area (Å²) in [5.74, 6) is -0.241. The van der Waals surface area contributed by atoms with Gasteiger partial charge in [-0.15, -0.1) is 0 Å². The number of nitrogens with zero attached hydrogens (tertiary/aromatic N) is 1. The Morgan fingerprint density at radius 2 is 1.55 bits per heavy atom. The molecule has 22 heavy (non-hydrogen) atoms. The fraction of sp³-hybridized carbons (Fsp3) is 0.789. The highest BCUT2D eigenvalue weighted by atomic mass is 16.5. The highest BCUT2D eigenvalue weighted by Crippen LogP contribution is 2.15. The molecule has 0 aromatic heterocycles. The predicted octanol–water partition coefficient (Wildman–Crippen LogP) is 5.24. The van der Waals surface area contributed by atoms with Crippen molar-refractivity contribution in [2.75, 3.05) is 7.11 Å². The molecule has 0 fully saturated rings. The largest absolute Gasteiger partial charge is 0.467 e. The lowest BCUT2D eigenvalue weighted by Crippen LogP contribution is -2.12. The minimum absolute atomic E-state index is 0.241. The smallest absolute Gasteiger partial charge is 0.336 e. The van der Waals surface area contributed by atoms with Gasteiger partial charge in [-0.25, -0.2) is 4.79 Å². The Kier molecular flexibility index (Phi) is 10.7. The number of aliphatic imine (C=N–C) groups is 1. The topological polar surface area (TPSA) is 38.7 Å². The van der Waals surface area contributed by atoms with Crippen molar-refractivity contribution in [3.8, 4) is 0 Å². The molecule has 1 rings (SSSR count). The van der Waals surface area contributed by atoms with E-state index in [-0.39, 0.29) is 12.0 Å². The van der Waals surface area contributed by atoms with Gasteiger partial charge in [0, 0.05) is 0 Å². The van der Waals surface area contributed by atoms with Crippen LogP contribution in [0.15, 0.2) is 17.1 Å². The molecule has 1 aliphatic rings. The molecule has 0 saturated heterocycles. The van der Waals surface area contributed by atoms with Gasteiger partial charge in [0.25, 0.3) is 0 Å². The average Bonchev–Trinajstić information content (AvgIpc) is 3.30. The lowest BCUT2D eigenvalue weighted by atomic mass is 10.1. The first kappa shape index (κ1) is 18.9. The van der Waals surface area contributed by atoms with Gasteiger partial charge in [0.05, 0.1) is 12.8 Å². The van der Waals surface area contributed by atoms with E-state index < -0.39 is 0 Å². The molecule has 3 nitrogen and oxygen atoms in total. The number of unbranched alkanes of at least 4 members (excludes halogenated alkanes) is 11. The Balaban J connectivity index is 1.79. The number of esters is 1. The van der Waals surface area contributed by atoms with Gasteiger partial charge < -0.3 is 4.74 Å². The van der Waals surface area contributed by atoms with E-state index in [1.54, 1.807) is 0 Å². The molecule has 0 unspecified atom stereocenters. The van der Waals surface area contributed by atoms with Crippen molar-refractivity contribution in [1.29, 1.82) is 0 Å². The highest BCUT2D eigenvalue weighted by Gasteiger charge is 2.33. The summed E-state index contributed by atoms with van der Waals surface area (Å²) >= 11 is 0. The van der Waals surface area contributed by atoms with Gasteiger partial charge in [-0.2, -0.15) is 0 Å². The molecule has 1 heterocycles. The predicted molar refractivity (Wildman–Crippen MR) is 93.5 cm³/mol. The molecule has 0 N–H and O–H groups in total. The Labute approximate surface area is 136 Å². The summed E-state index contributed by atoms with van der Waals surface area (Å²) in [6, 6.07) is -0.307. The van der Waals surface area contributed by atoms with Gasteiger partial charge in [0.2, 0.25) is 0 Å². The molecule has 0 spiro atoms. The number of carbonyl (C=O) groups is 1. The third-order valence-electron chi connectivity index (χ3n) is 4.18. The first-order valence-electron chi connectivity index (χ1n) is 9.11. The van der Waals surface area contributed by atoms with Crippen molar-refractivity contribution >= 4 is 11.7 Å². The second-order valence-corrected chi connectivity index (χ2v) is 6.21. The van der Waals surface area contributed by atoms with Crippen LogP contribution in [0.4, 0.5) is 0 Å². The summed E-state index contributed by atoms with van der Waals surface area (Å²) in [6.45, 7) is 2.27. The second-order valence-electron chi connectivity index (χ2n) is 6.21. The fourth-order valence-electron chi connectivity index (χ4n) is 2.66. The number of allylic oxidation sites excluding steroid dienone is 1. The zero-order valence-electron chi connectivity index (χ0n) is 14.5. The molecule has 0 bridgehead atoms. The fourth-order valence-corrected chi connectivity index (χ4v) is 2.66. The molecule has 1 aliphatic heterocycles. The van der Waals surface area contributed by atoms with E-state index >= 15 is 0 Å². The summed E-state index contributed by atoms with van der Waals surface area (Å²) < 4.78 is 4.64. The average molecular weight is 307 g/mol. The van der Waals surface area contributed by atoms with E-state index in [0.717, 1.165) is 12.1 Å². The van der Waals surface area contributed by atoms with Gasteiger partial charge in [-0.1, -0.05) is 77.2 Å². The second kappa shape index (κ2) is 12.4. The molecular formula is C19H33NO2. The molecule has 0 aromatic rings. The van der Waals surface area contributed by atoms with E-state index in [9.17, 15) is 4.79 Å². The normalized spacial score (nSPS) is 16.8. The van der Waals surface area contributed by atoms with Crippen LogP contribution in [0, 0.1) is 0 Å². The van der Waals surface area contributed by atoms with E-state index in [4.69, 9.17) is 0 Å². The molecular weight excluding hydrogens is 274 g/mol. The number of carbonyl (C=O) groups excluding carboxylic acids is 1. The van der Waals surface area contributed by atoms with Crippen molar-refractivity contribution in [3.63, 3.8) is 0 Å². The highest BCUT2D eigenvalue weighted by molar-refractivity contribution is 6.21.